The van der Waals surface area contributed by atoms with Gasteiger partial charge in [0.1, 0.15) is 0 Å². The molecule has 1 saturated heterocycles. The number of nitrogens with two attached hydrogens (primary N) is 1. The molecule has 1 fully saturated rings. The molecule has 1 atom stereocenters. The van der Waals surface area contributed by atoms with Gasteiger partial charge in [0, 0.05) is 43.1 Å². The van der Waals surface area contributed by atoms with Crippen molar-refractivity contribution in [3.63, 3.8) is 0 Å². The molecule has 2 aliphatic rings. The van der Waals surface area contributed by atoms with Crippen molar-refractivity contribution in [2.75, 3.05) is 31.1 Å². The molecular weight excluding hydrogens is 256 g/mol. The standard InChI is InChI=1S/C14H24N4S/c1-10(2)17-6-8-18(9-7-17)14-16-12-5-3-4-11(15)13(12)19-14/h10-11H,3-9,15H2,1-2H3. The van der Waals surface area contributed by atoms with Crippen LogP contribution in [0.4, 0.5) is 5.13 Å². The van der Waals surface area contributed by atoms with Gasteiger partial charge in [0.15, 0.2) is 5.13 Å². The summed E-state index contributed by atoms with van der Waals surface area (Å²) < 4.78 is 0. The zero-order valence-electron chi connectivity index (χ0n) is 11.9. The van der Waals surface area contributed by atoms with Crippen LogP contribution in [-0.2, 0) is 6.42 Å². The second kappa shape index (κ2) is 5.38. The van der Waals surface area contributed by atoms with E-state index in [2.05, 4.69) is 23.6 Å². The van der Waals surface area contributed by atoms with Crippen molar-refractivity contribution in [2.24, 2.45) is 5.73 Å². The summed E-state index contributed by atoms with van der Waals surface area (Å²) in [6.07, 6.45) is 3.43. The zero-order valence-corrected chi connectivity index (χ0v) is 12.7. The van der Waals surface area contributed by atoms with E-state index in [1.54, 1.807) is 0 Å². The van der Waals surface area contributed by atoms with E-state index >= 15 is 0 Å². The van der Waals surface area contributed by atoms with E-state index in [9.17, 15) is 0 Å². The van der Waals surface area contributed by atoms with Crippen LogP contribution in [0.5, 0.6) is 0 Å². The summed E-state index contributed by atoms with van der Waals surface area (Å²) in [6.45, 7) is 9.04. The number of aryl methyl sites for hydroxylation is 1. The van der Waals surface area contributed by atoms with E-state index in [-0.39, 0.29) is 6.04 Å². The van der Waals surface area contributed by atoms with Gasteiger partial charge in [-0.3, -0.25) is 4.90 Å². The van der Waals surface area contributed by atoms with Crippen LogP contribution in [0, 0.1) is 0 Å². The lowest BCUT2D eigenvalue weighted by atomic mass is 9.99. The number of rotatable bonds is 2. The van der Waals surface area contributed by atoms with Crippen molar-refractivity contribution in [2.45, 2.75) is 45.2 Å². The van der Waals surface area contributed by atoms with Gasteiger partial charge in [0.05, 0.1) is 5.69 Å². The van der Waals surface area contributed by atoms with Gasteiger partial charge in [-0.15, -0.1) is 0 Å². The van der Waals surface area contributed by atoms with Gasteiger partial charge in [-0.05, 0) is 33.1 Å². The Labute approximate surface area is 119 Å². The summed E-state index contributed by atoms with van der Waals surface area (Å²) in [5, 5.41) is 1.20. The van der Waals surface area contributed by atoms with Crippen LogP contribution in [-0.4, -0.2) is 42.1 Å². The number of hydrogen-bond acceptors (Lipinski definition) is 5. The molecule has 5 heteroatoms. The van der Waals surface area contributed by atoms with Gasteiger partial charge in [0.25, 0.3) is 0 Å². The van der Waals surface area contributed by atoms with Crippen molar-refractivity contribution >= 4 is 16.5 Å². The number of piperazine rings is 1. The minimum atomic E-state index is 0.229. The van der Waals surface area contributed by atoms with E-state index in [1.165, 1.54) is 22.1 Å². The Hall–Kier alpha value is -0.650. The molecule has 106 valence electrons. The minimum absolute atomic E-state index is 0.229. The normalized spacial score (nSPS) is 24.8. The molecule has 4 nitrogen and oxygen atoms in total. The van der Waals surface area contributed by atoms with Gasteiger partial charge >= 0.3 is 0 Å². The average Bonchev–Trinajstić information content (AvgIpc) is 2.84. The molecule has 1 aliphatic carbocycles. The number of fused-ring (bicyclic) bond motifs is 1. The lowest BCUT2D eigenvalue weighted by Gasteiger charge is -2.36. The fourth-order valence-electron chi connectivity index (χ4n) is 3.00. The maximum Gasteiger partial charge on any atom is 0.185 e. The number of anilines is 1. The van der Waals surface area contributed by atoms with Crippen molar-refractivity contribution in [3.05, 3.63) is 10.6 Å². The molecule has 0 spiro atoms. The van der Waals surface area contributed by atoms with Gasteiger partial charge in [-0.1, -0.05) is 11.3 Å². The molecule has 3 rings (SSSR count). The highest BCUT2D eigenvalue weighted by Crippen LogP contribution is 2.36. The quantitative estimate of drug-likeness (QED) is 0.900. The molecule has 0 saturated carbocycles. The maximum atomic E-state index is 6.19. The number of nitrogens with zero attached hydrogens (tertiary/aromatic N) is 3. The molecule has 2 heterocycles. The van der Waals surface area contributed by atoms with Crippen molar-refractivity contribution in [3.8, 4) is 0 Å². The van der Waals surface area contributed by atoms with E-state index in [4.69, 9.17) is 10.7 Å². The Balaban J connectivity index is 1.70. The van der Waals surface area contributed by atoms with Crippen LogP contribution in [0.25, 0.3) is 0 Å². The van der Waals surface area contributed by atoms with E-state index in [0.717, 1.165) is 39.0 Å². The van der Waals surface area contributed by atoms with Crippen LogP contribution >= 0.6 is 11.3 Å². The molecule has 1 aromatic heterocycles. The predicted octanol–water partition coefficient (Wildman–Crippen LogP) is 2.01. The first-order valence-electron chi connectivity index (χ1n) is 7.39. The fourth-order valence-corrected chi connectivity index (χ4v) is 4.20. The Morgan fingerprint density at radius 2 is 2.00 bits per heavy atom. The topological polar surface area (TPSA) is 45.4 Å². The molecular formula is C14H24N4S. The summed E-state index contributed by atoms with van der Waals surface area (Å²) in [5.41, 5.74) is 7.46. The Morgan fingerprint density at radius 3 is 2.63 bits per heavy atom. The number of thiazole rings is 1. The Morgan fingerprint density at radius 1 is 1.26 bits per heavy atom. The summed E-state index contributed by atoms with van der Waals surface area (Å²) in [7, 11) is 0. The second-order valence-electron chi connectivity index (χ2n) is 5.92. The lowest BCUT2D eigenvalue weighted by Crippen LogP contribution is -2.48. The molecule has 1 aliphatic heterocycles. The monoisotopic (exact) mass is 280 g/mol. The third kappa shape index (κ3) is 2.64. The Kier molecular flexibility index (Phi) is 3.78. The van der Waals surface area contributed by atoms with Crippen LogP contribution < -0.4 is 10.6 Å². The first-order valence-corrected chi connectivity index (χ1v) is 8.21. The fraction of sp³-hybridized carbons (Fsp3) is 0.786. The Bertz CT molecular complexity index is 435. The third-order valence-corrected chi connectivity index (χ3v) is 5.59. The molecule has 1 unspecified atom stereocenters. The zero-order chi connectivity index (χ0) is 13.4. The van der Waals surface area contributed by atoms with Crippen LogP contribution in [0.3, 0.4) is 0 Å². The molecule has 0 radical (unpaired) electrons. The number of aromatic nitrogens is 1. The number of hydrogen-bond donors (Lipinski definition) is 1. The van der Waals surface area contributed by atoms with Gasteiger partial charge in [-0.2, -0.15) is 0 Å². The van der Waals surface area contributed by atoms with Crippen LogP contribution in [0.2, 0.25) is 0 Å². The van der Waals surface area contributed by atoms with E-state index in [1.807, 2.05) is 11.3 Å². The van der Waals surface area contributed by atoms with Crippen molar-refractivity contribution in [1.29, 1.82) is 0 Å². The molecule has 0 bridgehead atoms. The molecule has 2 N–H and O–H groups in total. The molecule has 0 aromatic carbocycles. The largest absolute Gasteiger partial charge is 0.346 e. The lowest BCUT2D eigenvalue weighted by molar-refractivity contribution is 0.209. The van der Waals surface area contributed by atoms with E-state index < -0.39 is 0 Å². The summed E-state index contributed by atoms with van der Waals surface area (Å²) in [5.74, 6) is 0. The van der Waals surface area contributed by atoms with Gasteiger partial charge in [0.2, 0.25) is 0 Å². The average molecular weight is 280 g/mol. The molecule has 0 amide bonds. The smallest absolute Gasteiger partial charge is 0.185 e. The van der Waals surface area contributed by atoms with Crippen LogP contribution in [0.15, 0.2) is 0 Å². The summed E-state index contributed by atoms with van der Waals surface area (Å²) in [6, 6.07) is 0.882. The maximum absolute atomic E-state index is 6.19. The molecule has 1 aromatic rings. The predicted molar refractivity (Wildman–Crippen MR) is 80.9 cm³/mol. The molecule has 19 heavy (non-hydrogen) atoms. The highest BCUT2D eigenvalue weighted by molar-refractivity contribution is 7.15. The van der Waals surface area contributed by atoms with Crippen molar-refractivity contribution in [1.82, 2.24) is 9.88 Å². The first kappa shape index (κ1) is 13.3. The van der Waals surface area contributed by atoms with Gasteiger partial charge in [-0.25, -0.2) is 4.98 Å². The summed E-state index contributed by atoms with van der Waals surface area (Å²) in [4.78, 5) is 11.2. The van der Waals surface area contributed by atoms with E-state index in [0.29, 0.717) is 6.04 Å². The first-order chi connectivity index (χ1) is 9.15. The minimum Gasteiger partial charge on any atom is -0.346 e. The van der Waals surface area contributed by atoms with Crippen LogP contribution in [0.1, 0.15) is 43.3 Å². The third-order valence-electron chi connectivity index (χ3n) is 4.30. The van der Waals surface area contributed by atoms with Crippen molar-refractivity contribution < 1.29 is 0 Å². The highest BCUT2D eigenvalue weighted by atomic mass is 32.1. The summed E-state index contributed by atoms with van der Waals surface area (Å²) >= 11 is 1.83. The second-order valence-corrected chi connectivity index (χ2v) is 6.93. The highest BCUT2D eigenvalue weighted by Gasteiger charge is 2.26. The van der Waals surface area contributed by atoms with Gasteiger partial charge < -0.3 is 10.6 Å². The SMILES string of the molecule is CC(C)N1CCN(c2nc3c(s2)C(N)CCC3)CC1.